The number of nitrogens with one attached hydrogen (secondary N) is 1. The van der Waals surface area contributed by atoms with Crippen LogP contribution in [-0.2, 0) is 0 Å². The molecule has 1 aromatic rings. The van der Waals surface area contributed by atoms with Crippen molar-refractivity contribution in [3.8, 4) is 5.75 Å². The number of alkyl halides is 2. The molecule has 0 radical (unpaired) electrons. The van der Waals surface area contributed by atoms with Crippen LogP contribution in [-0.4, -0.2) is 48.5 Å². The molecule has 4 nitrogen and oxygen atoms in total. The van der Waals surface area contributed by atoms with Gasteiger partial charge in [0.1, 0.15) is 25.1 Å². The van der Waals surface area contributed by atoms with Gasteiger partial charge in [0.05, 0.1) is 11.0 Å². The van der Waals surface area contributed by atoms with E-state index in [1.54, 1.807) is 6.07 Å². The normalized spacial score (nSPS) is 13.3. The molecule has 0 heterocycles. The van der Waals surface area contributed by atoms with Gasteiger partial charge in [-0.2, -0.15) is 0 Å². The summed E-state index contributed by atoms with van der Waals surface area (Å²) >= 11 is 3.34. The fourth-order valence-corrected chi connectivity index (χ4v) is 2.05. The molecule has 1 atom stereocenters. The van der Waals surface area contributed by atoms with Gasteiger partial charge in [-0.15, -0.1) is 0 Å². The number of rotatable bonds is 8. The summed E-state index contributed by atoms with van der Waals surface area (Å²) in [4.78, 5) is 0. The molecule has 0 bridgehead atoms. The molecule has 0 fully saturated rings. The molecule has 0 aliphatic heterocycles. The quantitative estimate of drug-likeness (QED) is 0.665. The van der Waals surface area contributed by atoms with E-state index >= 15 is 0 Å². The van der Waals surface area contributed by atoms with E-state index in [-0.39, 0.29) is 13.2 Å². The van der Waals surface area contributed by atoms with Gasteiger partial charge in [0.15, 0.2) is 0 Å². The fourth-order valence-electron chi connectivity index (χ4n) is 1.45. The Bertz CT molecular complexity index is 432. The largest absolute Gasteiger partial charge is 0.490 e. The van der Waals surface area contributed by atoms with Gasteiger partial charge in [-0.05, 0) is 40.5 Å². The Morgan fingerprint density at radius 2 is 2.15 bits per heavy atom. The van der Waals surface area contributed by atoms with E-state index in [0.717, 1.165) is 10.0 Å². The number of aliphatic hydroxyl groups excluding tert-OH is 2. The topological polar surface area (TPSA) is 61.7 Å². The zero-order valence-electron chi connectivity index (χ0n) is 11.1. The highest BCUT2D eigenvalue weighted by atomic mass is 79.9. The van der Waals surface area contributed by atoms with E-state index in [1.165, 1.54) is 0 Å². The lowest BCUT2D eigenvalue weighted by atomic mass is 10.2. The minimum absolute atomic E-state index is 0.0145. The summed E-state index contributed by atoms with van der Waals surface area (Å²) in [6, 6.07) is 5.51. The molecule has 114 valence electrons. The first-order chi connectivity index (χ1) is 9.34. The van der Waals surface area contributed by atoms with E-state index < -0.39 is 25.2 Å². The van der Waals surface area contributed by atoms with Crippen LogP contribution in [0.15, 0.2) is 22.7 Å². The number of ether oxygens (including phenoxy) is 1. The van der Waals surface area contributed by atoms with Crippen molar-refractivity contribution >= 4 is 15.9 Å². The molecule has 1 unspecified atom stereocenters. The number of hydrogen-bond acceptors (Lipinski definition) is 4. The third-order valence-electron chi connectivity index (χ3n) is 2.51. The van der Waals surface area contributed by atoms with Crippen molar-refractivity contribution in [2.45, 2.75) is 19.0 Å². The molecule has 0 aromatic heterocycles. The van der Waals surface area contributed by atoms with Crippen molar-refractivity contribution in [2.24, 2.45) is 0 Å². The summed E-state index contributed by atoms with van der Waals surface area (Å²) in [5.74, 6) is -2.60. The van der Waals surface area contributed by atoms with Crippen molar-refractivity contribution in [1.29, 1.82) is 0 Å². The molecule has 0 amide bonds. The average molecular weight is 354 g/mol. The highest BCUT2D eigenvalue weighted by Gasteiger charge is 2.27. The summed E-state index contributed by atoms with van der Waals surface area (Å²) in [7, 11) is 0. The van der Waals surface area contributed by atoms with Crippen LogP contribution >= 0.6 is 15.9 Å². The second-order valence-corrected chi connectivity index (χ2v) is 5.40. The predicted octanol–water partition coefficient (Wildman–Crippen LogP) is 1.71. The van der Waals surface area contributed by atoms with Crippen LogP contribution in [0.3, 0.4) is 0 Å². The lowest BCUT2D eigenvalue weighted by molar-refractivity contribution is -0.0493. The third kappa shape index (κ3) is 6.13. The Morgan fingerprint density at radius 1 is 1.45 bits per heavy atom. The van der Waals surface area contributed by atoms with Gasteiger partial charge in [-0.25, -0.2) is 8.78 Å². The van der Waals surface area contributed by atoms with E-state index in [1.807, 2.05) is 19.1 Å². The van der Waals surface area contributed by atoms with Gasteiger partial charge < -0.3 is 20.3 Å². The van der Waals surface area contributed by atoms with E-state index in [0.29, 0.717) is 5.75 Å². The third-order valence-corrected chi connectivity index (χ3v) is 3.13. The molecule has 20 heavy (non-hydrogen) atoms. The molecule has 3 N–H and O–H groups in total. The van der Waals surface area contributed by atoms with Crippen LogP contribution in [0, 0.1) is 6.92 Å². The average Bonchev–Trinajstić information content (AvgIpc) is 2.37. The van der Waals surface area contributed by atoms with Crippen LogP contribution < -0.4 is 10.1 Å². The number of aliphatic hydroxyl groups is 2. The van der Waals surface area contributed by atoms with Gasteiger partial charge in [-0.3, -0.25) is 0 Å². The first-order valence-corrected chi connectivity index (χ1v) is 6.90. The number of halogens is 3. The van der Waals surface area contributed by atoms with E-state index in [4.69, 9.17) is 9.84 Å². The number of hydrogen-bond donors (Lipinski definition) is 3. The second kappa shape index (κ2) is 7.87. The standard InChI is InChI=1S/C13H18BrF2NO3/c1-9-2-3-12(11(14)4-9)20-6-10(19)5-17-7-13(15,16)8-18/h2-4,10,17-19H,5-8H2,1H3. The molecule has 0 saturated heterocycles. The molecule has 0 spiro atoms. The monoisotopic (exact) mass is 353 g/mol. The summed E-state index contributed by atoms with van der Waals surface area (Å²) in [5.41, 5.74) is 1.07. The lowest BCUT2D eigenvalue weighted by Gasteiger charge is -2.17. The van der Waals surface area contributed by atoms with Crippen molar-refractivity contribution in [3.05, 3.63) is 28.2 Å². The minimum atomic E-state index is -3.18. The lowest BCUT2D eigenvalue weighted by Crippen LogP contribution is -2.40. The zero-order chi connectivity index (χ0) is 15.2. The summed E-state index contributed by atoms with van der Waals surface area (Å²) in [6.07, 6.45) is -0.919. The Kier molecular flexibility index (Phi) is 6.81. The molecule has 0 saturated carbocycles. The Balaban J connectivity index is 2.31. The van der Waals surface area contributed by atoms with Crippen molar-refractivity contribution < 1.29 is 23.7 Å². The maximum absolute atomic E-state index is 12.7. The van der Waals surface area contributed by atoms with Crippen LogP contribution in [0.2, 0.25) is 0 Å². The minimum Gasteiger partial charge on any atom is -0.490 e. The van der Waals surface area contributed by atoms with Crippen LogP contribution in [0.4, 0.5) is 8.78 Å². The van der Waals surface area contributed by atoms with Crippen LogP contribution in [0.25, 0.3) is 0 Å². The Morgan fingerprint density at radius 3 is 2.75 bits per heavy atom. The van der Waals surface area contributed by atoms with Crippen molar-refractivity contribution in [3.63, 3.8) is 0 Å². The first-order valence-electron chi connectivity index (χ1n) is 6.10. The number of aryl methyl sites for hydroxylation is 1. The number of benzene rings is 1. The maximum Gasteiger partial charge on any atom is 0.282 e. The Labute approximate surface area is 124 Å². The molecule has 1 aromatic carbocycles. The van der Waals surface area contributed by atoms with Crippen LogP contribution in [0.5, 0.6) is 5.75 Å². The highest BCUT2D eigenvalue weighted by molar-refractivity contribution is 9.10. The van der Waals surface area contributed by atoms with Crippen molar-refractivity contribution in [2.75, 3.05) is 26.3 Å². The molecule has 0 aliphatic rings. The summed E-state index contributed by atoms with van der Waals surface area (Å²) < 4.78 is 31.6. The first kappa shape index (κ1) is 17.3. The highest BCUT2D eigenvalue weighted by Crippen LogP contribution is 2.25. The fraction of sp³-hybridized carbons (Fsp3) is 0.538. The van der Waals surface area contributed by atoms with E-state index in [9.17, 15) is 13.9 Å². The molecule has 0 aliphatic carbocycles. The SMILES string of the molecule is Cc1ccc(OCC(O)CNCC(F)(F)CO)c(Br)c1. The van der Waals surface area contributed by atoms with Crippen molar-refractivity contribution in [1.82, 2.24) is 5.32 Å². The van der Waals surface area contributed by atoms with Gasteiger partial charge in [0.2, 0.25) is 0 Å². The molecule has 7 heteroatoms. The zero-order valence-corrected chi connectivity index (χ0v) is 12.7. The second-order valence-electron chi connectivity index (χ2n) is 4.54. The molecule has 1 rings (SSSR count). The molecular formula is C13H18BrF2NO3. The Hall–Kier alpha value is -0.760. The van der Waals surface area contributed by atoms with Gasteiger partial charge >= 0.3 is 0 Å². The smallest absolute Gasteiger partial charge is 0.282 e. The van der Waals surface area contributed by atoms with Gasteiger partial charge in [0.25, 0.3) is 5.92 Å². The van der Waals surface area contributed by atoms with Gasteiger partial charge in [-0.1, -0.05) is 6.07 Å². The predicted molar refractivity (Wildman–Crippen MR) is 75.3 cm³/mol. The summed E-state index contributed by atoms with van der Waals surface area (Å²) in [6.45, 7) is -0.0231. The molecular weight excluding hydrogens is 336 g/mol. The summed E-state index contributed by atoms with van der Waals surface area (Å²) in [5, 5.41) is 20.4. The van der Waals surface area contributed by atoms with Crippen LogP contribution in [0.1, 0.15) is 5.56 Å². The van der Waals surface area contributed by atoms with Gasteiger partial charge in [0, 0.05) is 6.54 Å². The van der Waals surface area contributed by atoms with E-state index in [2.05, 4.69) is 21.2 Å². The maximum atomic E-state index is 12.7.